The molecule has 19 heavy (non-hydrogen) atoms. The highest BCUT2D eigenvalue weighted by atomic mass is 79.9. The first-order valence-electron chi connectivity index (χ1n) is 5.75. The molecule has 2 aromatic heterocycles. The first-order chi connectivity index (χ1) is 9.17. The van der Waals surface area contributed by atoms with Gasteiger partial charge in [0.25, 0.3) is 0 Å². The molecule has 0 amide bonds. The van der Waals surface area contributed by atoms with Crippen molar-refractivity contribution in [3.8, 4) is 11.3 Å². The largest absolute Gasteiger partial charge is 0.417 e. The zero-order chi connectivity index (χ0) is 13.4. The van der Waals surface area contributed by atoms with E-state index in [-0.39, 0.29) is 0 Å². The number of hydrogen-bond donors (Lipinski definition) is 3. The van der Waals surface area contributed by atoms with E-state index in [1.54, 1.807) is 6.07 Å². The monoisotopic (exact) mass is 322 g/mol. The summed E-state index contributed by atoms with van der Waals surface area (Å²) in [6, 6.07) is 5.45. The third kappa shape index (κ3) is 2.22. The fraction of sp³-hybridized carbons (Fsp3) is 0.167. The number of imidazole rings is 1. The van der Waals surface area contributed by atoms with Gasteiger partial charge in [-0.25, -0.2) is 9.78 Å². The molecule has 4 N–H and O–H groups in total. The lowest BCUT2D eigenvalue weighted by atomic mass is 10.1. The summed E-state index contributed by atoms with van der Waals surface area (Å²) in [5.74, 6) is -0.461. The van der Waals surface area contributed by atoms with Gasteiger partial charge in [-0.2, -0.15) is 0 Å². The van der Waals surface area contributed by atoms with Crippen LogP contribution in [-0.2, 0) is 6.42 Å². The second-order valence-electron chi connectivity index (χ2n) is 4.12. The Balaban J connectivity index is 2.15. The molecular formula is C12H11BrN4O2. The summed E-state index contributed by atoms with van der Waals surface area (Å²) in [6.45, 7) is 0.534. The zero-order valence-electron chi connectivity index (χ0n) is 9.87. The van der Waals surface area contributed by atoms with Crippen molar-refractivity contribution in [1.82, 2.24) is 15.0 Å². The lowest BCUT2D eigenvalue weighted by molar-refractivity contribution is 0.555. The van der Waals surface area contributed by atoms with Crippen molar-refractivity contribution in [1.29, 1.82) is 0 Å². The number of aromatic amines is 2. The van der Waals surface area contributed by atoms with Crippen LogP contribution in [0.1, 0.15) is 5.69 Å². The number of rotatable bonds is 3. The quantitative estimate of drug-likeness (QED) is 0.684. The smallest absolute Gasteiger partial charge is 0.408 e. The summed E-state index contributed by atoms with van der Waals surface area (Å²) < 4.78 is 5.63. The second kappa shape index (κ2) is 4.67. The maximum Gasteiger partial charge on any atom is 0.417 e. The van der Waals surface area contributed by atoms with E-state index in [1.165, 1.54) is 0 Å². The molecule has 98 valence electrons. The minimum Gasteiger partial charge on any atom is -0.408 e. The second-order valence-corrected chi connectivity index (χ2v) is 4.87. The van der Waals surface area contributed by atoms with E-state index >= 15 is 0 Å². The minimum absolute atomic E-state index is 0.461. The van der Waals surface area contributed by atoms with Gasteiger partial charge in [-0.1, -0.05) is 0 Å². The van der Waals surface area contributed by atoms with Crippen molar-refractivity contribution in [3.05, 3.63) is 39.2 Å². The van der Waals surface area contributed by atoms with Gasteiger partial charge in [0.05, 0.1) is 11.2 Å². The number of nitrogens with one attached hydrogen (secondary N) is 2. The Hall–Kier alpha value is -1.86. The van der Waals surface area contributed by atoms with Crippen LogP contribution in [0.4, 0.5) is 0 Å². The summed E-state index contributed by atoms with van der Waals surface area (Å²) >= 11 is 3.32. The Kier molecular flexibility index (Phi) is 3.00. The van der Waals surface area contributed by atoms with Crippen LogP contribution in [0.2, 0.25) is 0 Å². The molecule has 0 bridgehead atoms. The molecule has 0 atom stereocenters. The molecule has 6 nitrogen and oxygen atoms in total. The predicted molar refractivity (Wildman–Crippen MR) is 74.9 cm³/mol. The van der Waals surface area contributed by atoms with Gasteiger partial charge >= 0.3 is 5.76 Å². The molecule has 0 radical (unpaired) electrons. The maximum atomic E-state index is 11.1. The zero-order valence-corrected chi connectivity index (χ0v) is 11.5. The Morgan fingerprint density at radius 1 is 1.37 bits per heavy atom. The van der Waals surface area contributed by atoms with Gasteiger partial charge in [-0.15, -0.1) is 0 Å². The van der Waals surface area contributed by atoms with E-state index in [1.807, 2.05) is 12.1 Å². The van der Waals surface area contributed by atoms with Crippen LogP contribution in [0, 0.1) is 0 Å². The van der Waals surface area contributed by atoms with Crippen molar-refractivity contribution in [2.75, 3.05) is 6.54 Å². The number of oxazole rings is 1. The Morgan fingerprint density at radius 2 is 2.21 bits per heavy atom. The van der Waals surface area contributed by atoms with Gasteiger partial charge in [0.2, 0.25) is 0 Å². The first kappa shape index (κ1) is 12.2. The summed E-state index contributed by atoms with van der Waals surface area (Å²) in [6.07, 6.45) is 0.702. The number of halogens is 1. The number of benzene rings is 1. The van der Waals surface area contributed by atoms with E-state index in [2.05, 4.69) is 30.9 Å². The highest BCUT2D eigenvalue weighted by Crippen LogP contribution is 2.26. The molecule has 0 spiro atoms. The van der Waals surface area contributed by atoms with Crippen molar-refractivity contribution in [2.45, 2.75) is 6.42 Å². The maximum absolute atomic E-state index is 11.1. The number of fused-ring (bicyclic) bond motifs is 1. The Morgan fingerprint density at radius 3 is 3.00 bits per heavy atom. The van der Waals surface area contributed by atoms with Crippen molar-refractivity contribution in [3.63, 3.8) is 0 Å². The summed E-state index contributed by atoms with van der Waals surface area (Å²) in [5, 5.41) is 0. The van der Waals surface area contributed by atoms with Gasteiger partial charge < -0.3 is 15.1 Å². The molecule has 3 aromatic rings. The van der Waals surface area contributed by atoms with Crippen molar-refractivity contribution in [2.24, 2.45) is 5.73 Å². The molecule has 0 aliphatic carbocycles. The van der Waals surface area contributed by atoms with Crippen LogP contribution >= 0.6 is 15.9 Å². The van der Waals surface area contributed by atoms with Crippen LogP contribution in [-0.4, -0.2) is 21.5 Å². The van der Waals surface area contributed by atoms with Crippen LogP contribution in [0.3, 0.4) is 0 Å². The van der Waals surface area contributed by atoms with Gasteiger partial charge in [-0.3, -0.25) is 4.98 Å². The number of hydrogen-bond acceptors (Lipinski definition) is 4. The lowest BCUT2D eigenvalue weighted by Gasteiger charge is -2.01. The number of aromatic nitrogens is 3. The molecule has 2 heterocycles. The van der Waals surface area contributed by atoms with Gasteiger partial charge in [0.1, 0.15) is 0 Å². The highest BCUT2D eigenvalue weighted by molar-refractivity contribution is 9.10. The molecule has 0 unspecified atom stereocenters. The lowest BCUT2D eigenvalue weighted by Crippen LogP contribution is -2.04. The summed E-state index contributed by atoms with van der Waals surface area (Å²) in [4.78, 5) is 21.3. The van der Waals surface area contributed by atoms with Crippen LogP contribution in [0.15, 0.2) is 32.1 Å². The molecule has 0 fully saturated rings. The highest BCUT2D eigenvalue weighted by Gasteiger charge is 2.12. The van der Waals surface area contributed by atoms with E-state index in [4.69, 9.17) is 10.2 Å². The molecule has 0 aliphatic rings. The first-order valence-corrected chi connectivity index (χ1v) is 6.54. The fourth-order valence-corrected chi connectivity index (χ4v) is 2.46. The normalized spacial score (nSPS) is 11.3. The Bertz CT molecular complexity index is 786. The number of nitrogens with zero attached hydrogens (tertiary/aromatic N) is 1. The predicted octanol–water partition coefficient (Wildman–Crippen LogP) is 1.77. The number of H-pyrrole nitrogens is 2. The van der Waals surface area contributed by atoms with Crippen LogP contribution in [0.5, 0.6) is 0 Å². The summed E-state index contributed by atoms with van der Waals surface area (Å²) in [7, 11) is 0. The summed E-state index contributed by atoms with van der Waals surface area (Å²) in [5.41, 5.74) is 9.45. The van der Waals surface area contributed by atoms with Crippen molar-refractivity contribution < 1.29 is 4.42 Å². The molecular weight excluding hydrogens is 312 g/mol. The Labute approximate surface area is 116 Å². The molecule has 0 aliphatic heterocycles. The van der Waals surface area contributed by atoms with Gasteiger partial charge in [0.15, 0.2) is 10.3 Å². The van der Waals surface area contributed by atoms with Crippen molar-refractivity contribution >= 4 is 27.0 Å². The van der Waals surface area contributed by atoms with E-state index in [9.17, 15) is 4.79 Å². The molecule has 0 saturated carbocycles. The van der Waals surface area contributed by atoms with E-state index in [0.29, 0.717) is 28.8 Å². The topological polar surface area (TPSA) is 101 Å². The minimum atomic E-state index is -0.461. The van der Waals surface area contributed by atoms with Crippen LogP contribution in [0.25, 0.3) is 22.4 Å². The molecule has 1 aromatic carbocycles. The number of nitrogens with two attached hydrogens (primary N) is 1. The van der Waals surface area contributed by atoms with Gasteiger partial charge in [-0.05, 0) is 40.7 Å². The standard InChI is InChI=1S/C12H11BrN4O2/c13-11-15-7(3-4-14)10(17-11)6-1-2-9-8(5-6)16-12(18)19-9/h1-2,5H,3-4,14H2,(H,15,17)(H,16,18). The fourth-order valence-electron chi connectivity index (χ4n) is 2.04. The third-order valence-electron chi connectivity index (χ3n) is 2.84. The molecule has 3 rings (SSSR count). The van der Waals surface area contributed by atoms with E-state index in [0.717, 1.165) is 17.0 Å². The SMILES string of the molecule is NCCc1[nH]c(Br)nc1-c1ccc2oc(=O)[nH]c2c1. The van der Waals surface area contributed by atoms with Crippen LogP contribution < -0.4 is 11.5 Å². The average molecular weight is 323 g/mol. The van der Waals surface area contributed by atoms with Gasteiger partial charge in [0, 0.05) is 17.7 Å². The molecule has 7 heteroatoms. The average Bonchev–Trinajstić information content (AvgIpc) is 2.90. The van der Waals surface area contributed by atoms with E-state index < -0.39 is 5.76 Å². The molecule has 0 saturated heterocycles. The third-order valence-corrected chi connectivity index (χ3v) is 3.21.